The Bertz CT molecular complexity index is 630. The minimum atomic E-state index is -3.10. The standard InChI is InChI=1S/C17H28N2O2S/c1-12(2)16-10-14(4)17(11-13(16)3)19-8-6-15(7-9-19)18-22(5,20)21/h10-12,15,18H,6-9H2,1-5H3. The third-order valence-corrected chi connectivity index (χ3v) is 5.18. The minimum absolute atomic E-state index is 0.0718. The third-order valence-electron chi connectivity index (χ3n) is 4.42. The van der Waals surface area contributed by atoms with Gasteiger partial charge in [0.15, 0.2) is 0 Å². The van der Waals surface area contributed by atoms with Crippen molar-refractivity contribution in [2.75, 3.05) is 24.2 Å². The smallest absolute Gasteiger partial charge is 0.208 e. The number of piperidine rings is 1. The van der Waals surface area contributed by atoms with Crippen molar-refractivity contribution in [1.29, 1.82) is 0 Å². The van der Waals surface area contributed by atoms with Crippen molar-refractivity contribution in [3.05, 3.63) is 28.8 Å². The molecule has 1 aliphatic heterocycles. The predicted octanol–water partition coefficient (Wildman–Crippen LogP) is 2.94. The lowest BCUT2D eigenvalue weighted by molar-refractivity contribution is 0.461. The van der Waals surface area contributed by atoms with Gasteiger partial charge >= 0.3 is 0 Å². The van der Waals surface area contributed by atoms with Gasteiger partial charge in [0.1, 0.15) is 0 Å². The number of nitrogens with one attached hydrogen (secondary N) is 1. The van der Waals surface area contributed by atoms with Crippen LogP contribution >= 0.6 is 0 Å². The van der Waals surface area contributed by atoms with Gasteiger partial charge in [0, 0.05) is 24.8 Å². The van der Waals surface area contributed by atoms with Gasteiger partial charge in [0.05, 0.1) is 6.26 Å². The van der Waals surface area contributed by atoms with Crippen molar-refractivity contribution in [1.82, 2.24) is 4.72 Å². The average Bonchev–Trinajstić information content (AvgIpc) is 2.40. The molecule has 0 aliphatic carbocycles. The van der Waals surface area contributed by atoms with E-state index >= 15 is 0 Å². The summed E-state index contributed by atoms with van der Waals surface area (Å²) in [7, 11) is -3.10. The number of rotatable bonds is 4. The van der Waals surface area contributed by atoms with Crippen LogP contribution < -0.4 is 9.62 Å². The highest BCUT2D eigenvalue weighted by atomic mass is 32.2. The average molecular weight is 324 g/mol. The van der Waals surface area contributed by atoms with E-state index in [0.717, 1.165) is 25.9 Å². The molecule has 0 amide bonds. The predicted molar refractivity (Wildman–Crippen MR) is 93.2 cm³/mol. The minimum Gasteiger partial charge on any atom is -0.371 e. The summed E-state index contributed by atoms with van der Waals surface area (Å²) >= 11 is 0. The Morgan fingerprint density at radius 3 is 2.23 bits per heavy atom. The first kappa shape index (κ1) is 17.3. The van der Waals surface area contributed by atoms with Gasteiger partial charge in [-0.25, -0.2) is 13.1 Å². The highest BCUT2D eigenvalue weighted by molar-refractivity contribution is 7.88. The zero-order valence-corrected chi connectivity index (χ0v) is 15.1. The summed E-state index contributed by atoms with van der Waals surface area (Å²) in [5, 5.41) is 0. The molecule has 1 heterocycles. The maximum absolute atomic E-state index is 11.3. The lowest BCUT2D eigenvalue weighted by atomic mass is 9.94. The lowest BCUT2D eigenvalue weighted by Gasteiger charge is -2.35. The Kier molecular flexibility index (Phi) is 5.17. The highest BCUT2D eigenvalue weighted by Crippen LogP contribution is 2.30. The summed E-state index contributed by atoms with van der Waals surface area (Å²) in [5.74, 6) is 0.539. The van der Waals surface area contributed by atoms with E-state index in [1.165, 1.54) is 28.6 Å². The molecule has 1 N–H and O–H groups in total. The van der Waals surface area contributed by atoms with Gasteiger partial charge in [0.2, 0.25) is 10.0 Å². The van der Waals surface area contributed by atoms with Gasteiger partial charge in [0.25, 0.3) is 0 Å². The van der Waals surface area contributed by atoms with Gasteiger partial charge in [-0.1, -0.05) is 19.9 Å². The molecule has 1 fully saturated rings. The number of hydrogen-bond donors (Lipinski definition) is 1. The molecule has 1 aromatic rings. The number of nitrogens with zero attached hydrogens (tertiary/aromatic N) is 1. The molecule has 0 aromatic heterocycles. The number of benzene rings is 1. The molecule has 22 heavy (non-hydrogen) atoms. The number of anilines is 1. The Labute approximate surface area is 135 Å². The molecule has 124 valence electrons. The Morgan fingerprint density at radius 2 is 1.73 bits per heavy atom. The normalized spacial score (nSPS) is 17.3. The second-order valence-electron chi connectivity index (χ2n) is 6.80. The van der Waals surface area contributed by atoms with Crippen LogP contribution in [0.2, 0.25) is 0 Å². The van der Waals surface area contributed by atoms with E-state index in [4.69, 9.17) is 0 Å². The fourth-order valence-electron chi connectivity index (χ4n) is 3.33. The van der Waals surface area contributed by atoms with E-state index in [9.17, 15) is 8.42 Å². The summed E-state index contributed by atoms with van der Waals surface area (Å²) in [6, 6.07) is 4.66. The van der Waals surface area contributed by atoms with Gasteiger partial charge in [-0.3, -0.25) is 0 Å². The monoisotopic (exact) mass is 324 g/mol. The quantitative estimate of drug-likeness (QED) is 0.926. The molecule has 0 atom stereocenters. The van der Waals surface area contributed by atoms with Crippen molar-refractivity contribution in [2.24, 2.45) is 0 Å². The summed E-state index contributed by atoms with van der Waals surface area (Å²) < 4.78 is 25.4. The number of aryl methyl sites for hydroxylation is 2. The van der Waals surface area contributed by atoms with Crippen LogP contribution in [0.4, 0.5) is 5.69 Å². The number of hydrogen-bond acceptors (Lipinski definition) is 3. The van der Waals surface area contributed by atoms with Crippen molar-refractivity contribution in [3.8, 4) is 0 Å². The van der Waals surface area contributed by atoms with Crippen molar-refractivity contribution < 1.29 is 8.42 Å². The van der Waals surface area contributed by atoms with Crippen LogP contribution in [0.5, 0.6) is 0 Å². The summed E-state index contributed by atoms with van der Waals surface area (Å²) in [5.41, 5.74) is 5.35. The van der Waals surface area contributed by atoms with Gasteiger partial charge in [-0.15, -0.1) is 0 Å². The fourth-order valence-corrected chi connectivity index (χ4v) is 4.17. The SMILES string of the molecule is Cc1cc(N2CCC(NS(C)(=O)=O)CC2)c(C)cc1C(C)C. The zero-order chi connectivity index (χ0) is 16.5. The molecule has 2 rings (SSSR count). The molecular formula is C17H28N2O2S. The molecule has 0 bridgehead atoms. The molecule has 1 saturated heterocycles. The molecule has 4 nitrogen and oxygen atoms in total. The Morgan fingerprint density at radius 1 is 1.14 bits per heavy atom. The second kappa shape index (κ2) is 6.59. The van der Waals surface area contributed by atoms with E-state index in [1.54, 1.807) is 0 Å². The molecule has 1 aliphatic rings. The van der Waals surface area contributed by atoms with Crippen LogP contribution in [0, 0.1) is 13.8 Å². The largest absolute Gasteiger partial charge is 0.371 e. The van der Waals surface area contributed by atoms with E-state index in [1.807, 2.05) is 0 Å². The van der Waals surface area contributed by atoms with E-state index in [-0.39, 0.29) is 6.04 Å². The first-order valence-electron chi connectivity index (χ1n) is 8.01. The molecule has 0 saturated carbocycles. The van der Waals surface area contributed by atoms with E-state index in [0.29, 0.717) is 5.92 Å². The summed E-state index contributed by atoms with van der Waals surface area (Å²) in [6.45, 7) is 10.6. The molecule has 5 heteroatoms. The van der Waals surface area contributed by atoms with Crippen LogP contribution in [0.1, 0.15) is 49.3 Å². The van der Waals surface area contributed by atoms with Gasteiger partial charge in [-0.2, -0.15) is 0 Å². The third kappa shape index (κ3) is 4.23. The van der Waals surface area contributed by atoms with Crippen molar-refractivity contribution >= 4 is 15.7 Å². The fraction of sp³-hybridized carbons (Fsp3) is 0.647. The maximum atomic E-state index is 11.3. The summed E-state index contributed by atoms with van der Waals surface area (Å²) in [6.07, 6.45) is 2.95. The van der Waals surface area contributed by atoms with Gasteiger partial charge in [-0.05, 0) is 55.4 Å². The maximum Gasteiger partial charge on any atom is 0.208 e. The topological polar surface area (TPSA) is 49.4 Å². The van der Waals surface area contributed by atoms with Crippen molar-refractivity contribution in [2.45, 2.75) is 52.5 Å². The summed E-state index contributed by atoms with van der Waals surface area (Å²) in [4.78, 5) is 2.38. The zero-order valence-electron chi connectivity index (χ0n) is 14.3. The number of sulfonamides is 1. The first-order valence-corrected chi connectivity index (χ1v) is 9.90. The van der Waals surface area contributed by atoms with Crippen LogP contribution in [0.3, 0.4) is 0 Å². The molecule has 0 unspecified atom stereocenters. The van der Waals surface area contributed by atoms with E-state index < -0.39 is 10.0 Å². The first-order chi connectivity index (χ1) is 10.2. The lowest BCUT2D eigenvalue weighted by Crippen LogP contribution is -2.44. The molecule has 1 aromatic carbocycles. The molecule has 0 spiro atoms. The van der Waals surface area contributed by atoms with Crippen LogP contribution in [-0.4, -0.2) is 33.8 Å². The highest BCUT2D eigenvalue weighted by Gasteiger charge is 2.23. The van der Waals surface area contributed by atoms with Crippen LogP contribution in [0.25, 0.3) is 0 Å². The Balaban J connectivity index is 2.10. The molecule has 0 radical (unpaired) electrons. The second-order valence-corrected chi connectivity index (χ2v) is 8.58. The van der Waals surface area contributed by atoms with Crippen molar-refractivity contribution in [3.63, 3.8) is 0 Å². The Hall–Kier alpha value is -1.07. The van der Waals surface area contributed by atoms with Gasteiger partial charge < -0.3 is 4.90 Å². The molecular weight excluding hydrogens is 296 g/mol. The van der Waals surface area contributed by atoms with Crippen LogP contribution in [-0.2, 0) is 10.0 Å². The van der Waals surface area contributed by atoms with Crippen LogP contribution in [0.15, 0.2) is 12.1 Å². The van der Waals surface area contributed by atoms with E-state index in [2.05, 4.69) is 49.4 Å².